The van der Waals surface area contributed by atoms with Gasteiger partial charge in [0.05, 0.1) is 0 Å². The van der Waals surface area contributed by atoms with Gasteiger partial charge in [0.25, 0.3) is 0 Å². The van der Waals surface area contributed by atoms with Gasteiger partial charge in [0.15, 0.2) is 11.7 Å². The average molecular weight is 353 g/mol. The van der Waals surface area contributed by atoms with Crippen molar-refractivity contribution in [2.75, 3.05) is 13.2 Å². The molecular weight excluding hydrogens is 318 g/mol. The molecule has 0 saturated heterocycles. The van der Waals surface area contributed by atoms with Crippen LogP contribution in [-0.2, 0) is 4.74 Å². The van der Waals surface area contributed by atoms with E-state index >= 15 is 0 Å². The van der Waals surface area contributed by atoms with Crippen LogP contribution < -0.4 is 0 Å². The predicted molar refractivity (Wildman–Crippen MR) is 101 cm³/mol. The SMILES string of the molecule is C=C/C=C(\C(F)=C(\F)COCC)C1CCC(C2CCC(C)CC2)CC1. The smallest absolute Gasteiger partial charge is 0.161 e. The summed E-state index contributed by atoms with van der Waals surface area (Å²) in [5, 5.41) is 0. The van der Waals surface area contributed by atoms with Gasteiger partial charge in [-0.25, -0.2) is 8.78 Å². The third-order valence-corrected chi connectivity index (χ3v) is 6.16. The molecule has 2 fully saturated rings. The highest BCUT2D eigenvalue weighted by molar-refractivity contribution is 5.33. The Bertz CT molecular complexity index is 478. The Labute approximate surface area is 152 Å². The van der Waals surface area contributed by atoms with Crippen LogP contribution in [0, 0.1) is 23.7 Å². The summed E-state index contributed by atoms with van der Waals surface area (Å²) in [4.78, 5) is 0. The van der Waals surface area contributed by atoms with Gasteiger partial charge in [0, 0.05) is 6.61 Å². The van der Waals surface area contributed by atoms with E-state index in [1.165, 1.54) is 25.7 Å². The minimum atomic E-state index is -0.793. The van der Waals surface area contributed by atoms with Gasteiger partial charge in [-0.1, -0.05) is 38.5 Å². The molecule has 0 aromatic rings. The van der Waals surface area contributed by atoms with Gasteiger partial charge in [-0.3, -0.25) is 0 Å². The predicted octanol–water partition coefficient (Wildman–Crippen LogP) is 6.92. The maximum absolute atomic E-state index is 14.6. The summed E-state index contributed by atoms with van der Waals surface area (Å²) in [6.45, 7) is 7.90. The first-order valence-corrected chi connectivity index (χ1v) is 10.0. The molecule has 2 aliphatic carbocycles. The third-order valence-electron chi connectivity index (χ3n) is 6.16. The van der Waals surface area contributed by atoms with Gasteiger partial charge in [-0.2, -0.15) is 0 Å². The normalized spacial score (nSPS) is 32.2. The van der Waals surface area contributed by atoms with Crippen LogP contribution in [0.5, 0.6) is 0 Å². The third kappa shape index (κ3) is 5.77. The zero-order valence-corrected chi connectivity index (χ0v) is 15.9. The lowest BCUT2D eigenvalue weighted by atomic mass is 9.68. The Hall–Kier alpha value is -0.960. The van der Waals surface area contributed by atoms with Gasteiger partial charge in [-0.15, -0.1) is 0 Å². The zero-order chi connectivity index (χ0) is 18.2. The molecule has 25 heavy (non-hydrogen) atoms. The summed E-state index contributed by atoms with van der Waals surface area (Å²) >= 11 is 0. The minimum absolute atomic E-state index is 0.101. The Morgan fingerprint density at radius 1 is 1.00 bits per heavy atom. The van der Waals surface area contributed by atoms with Crippen LogP contribution in [0.2, 0.25) is 0 Å². The Kier molecular flexibility index (Phi) is 8.35. The summed E-state index contributed by atoms with van der Waals surface area (Å²) < 4.78 is 33.6. The van der Waals surface area contributed by atoms with Crippen molar-refractivity contribution >= 4 is 0 Å². The first-order chi connectivity index (χ1) is 12.1. The van der Waals surface area contributed by atoms with Crippen LogP contribution >= 0.6 is 0 Å². The van der Waals surface area contributed by atoms with Gasteiger partial charge in [0.2, 0.25) is 0 Å². The standard InChI is InChI=1S/C22H34F2O/c1-4-6-20(22(24)21(23)15-25-5-2)19-13-11-18(12-14-19)17-9-7-16(3)8-10-17/h4,6,16-19H,1,5,7-15H2,2-3H3/b20-6-,22-21-. The maximum atomic E-state index is 14.6. The summed E-state index contributed by atoms with van der Waals surface area (Å²) in [5.41, 5.74) is 0.475. The van der Waals surface area contributed by atoms with E-state index in [0.717, 1.165) is 43.4 Å². The van der Waals surface area contributed by atoms with E-state index in [0.29, 0.717) is 12.2 Å². The van der Waals surface area contributed by atoms with Gasteiger partial charge in [-0.05, 0) is 74.7 Å². The molecule has 2 rings (SSSR count). The number of rotatable bonds is 7. The summed E-state index contributed by atoms with van der Waals surface area (Å²) in [7, 11) is 0. The van der Waals surface area contributed by atoms with Crippen LogP contribution in [0.1, 0.15) is 65.2 Å². The Morgan fingerprint density at radius 2 is 1.56 bits per heavy atom. The molecule has 0 aliphatic heterocycles. The molecule has 0 spiro atoms. The molecule has 0 N–H and O–H groups in total. The first-order valence-electron chi connectivity index (χ1n) is 10.0. The number of ether oxygens (including phenoxy) is 1. The van der Waals surface area contributed by atoms with Crippen LogP contribution in [0.15, 0.2) is 36.0 Å². The molecule has 0 bridgehead atoms. The molecule has 0 aromatic carbocycles. The second kappa shape index (κ2) is 10.3. The lowest BCUT2D eigenvalue weighted by Crippen LogP contribution is -2.26. The highest BCUT2D eigenvalue weighted by Crippen LogP contribution is 2.44. The fourth-order valence-electron chi connectivity index (χ4n) is 4.59. The van der Waals surface area contributed by atoms with Crippen molar-refractivity contribution in [2.45, 2.75) is 65.2 Å². The number of hydrogen-bond acceptors (Lipinski definition) is 1. The molecule has 0 atom stereocenters. The fourth-order valence-corrected chi connectivity index (χ4v) is 4.59. The summed E-state index contributed by atoms with van der Waals surface area (Å²) in [6, 6.07) is 0. The lowest BCUT2D eigenvalue weighted by molar-refractivity contribution is 0.150. The minimum Gasteiger partial charge on any atom is -0.375 e. The largest absolute Gasteiger partial charge is 0.375 e. The molecule has 0 unspecified atom stereocenters. The fraction of sp³-hybridized carbons (Fsp3) is 0.727. The molecule has 0 radical (unpaired) electrons. The number of halogens is 2. The Morgan fingerprint density at radius 3 is 2.08 bits per heavy atom. The molecule has 1 nitrogen and oxygen atoms in total. The number of allylic oxidation sites excluding steroid dienone is 4. The van der Waals surface area contributed by atoms with Gasteiger partial charge >= 0.3 is 0 Å². The van der Waals surface area contributed by atoms with E-state index in [9.17, 15) is 8.78 Å². The van der Waals surface area contributed by atoms with Crippen LogP contribution in [-0.4, -0.2) is 13.2 Å². The quantitative estimate of drug-likeness (QED) is 0.452. The van der Waals surface area contributed by atoms with Crippen molar-refractivity contribution in [2.24, 2.45) is 23.7 Å². The topological polar surface area (TPSA) is 9.23 Å². The highest BCUT2D eigenvalue weighted by atomic mass is 19.2. The van der Waals surface area contributed by atoms with Crippen molar-refractivity contribution in [3.63, 3.8) is 0 Å². The van der Waals surface area contributed by atoms with E-state index in [4.69, 9.17) is 4.74 Å². The lowest BCUT2D eigenvalue weighted by Gasteiger charge is -2.37. The zero-order valence-electron chi connectivity index (χ0n) is 15.9. The molecule has 0 aromatic heterocycles. The second-order valence-corrected chi connectivity index (χ2v) is 7.85. The van der Waals surface area contributed by atoms with Crippen LogP contribution in [0.25, 0.3) is 0 Å². The van der Waals surface area contributed by atoms with E-state index in [1.54, 1.807) is 19.1 Å². The number of hydrogen-bond donors (Lipinski definition) is 0. The van der Waals surface area contributed by atoms with E-state index < -0.39 is 11.7 Å². The van der Waals surface area contributed by atoms with Gasteiger partial charge < -0.3 is 4.74 Å². The summed E-state index contributed by atoms with van der Waals surface area (Å²) in [5.74, 6) is 1.07. The van der Waals surface area contributed by atoms with Crippen LogP contribution in [0.4, 0.5) is 8.78 Å². The molecule has 3 heteroatoms. The average Bonchev–Trinajstić information content (AvgIpc) is 2.64. The van der Waals surface area contributed by atoms with Crippen molar-refractivity contribution in [3.05, 3.63) is 36.0 Å². The summed E-state index contributed by atoms with van der Waals surface area (Å²) in [6.07, 6.45) is 12.8. The first kappa shape index (κ1) is 20.4. The second-order valence-electron chi connectivity index (χ2n) is 7.85. The van der Waals surface area contributed by atoms with Crippen molar-refractivity contribution in [3.8, 4) is 0 Å². The Balaban J connectivity index is 1.96. The molecule has 2 saturated carbocycles. The van der Waals surface area contributed by atoms with Crippen molar-refractivity contribution in [1.29, 1.82) is 0 Å². The molecule has 0 amide bonds. The maximum Gasteiger partial charge on any atom is 0.161 e. The molecular formula is C22H34F2O. The molecule has 0 heterocycles. The monoisotopic (exact) mass is 352 g/mol. The van der Waals surface area contributed by atoms with E-state index in [-0.39, 0.29) is 12.5 Å². The van der Waals surface area contributed by atoms with E-state index in [2.05, 4.69) is 13.5 Å². The highest BCUT2D eigenvalue weighted by Gasteiger charge is 2.32. The van der Waals surface area contributed by atoms with E-state index in [1.807, 2.05) is 0 Å². The van der Waals surface area contributed by atoms with Crippen molar-refractivity contribution in [1.82, 2.24) is 0 Å². The molecule has 142 valence electrons. The molecule has 2 aliphatic rings. The van der Waals surface area contributed by atoms with Crippen molar-refractivity contribution < 1.29 is 13.5 Å². The van der Waals surface area contributed by atoms with Gasteiger partial charge in [0.1, 0.15) is 6.61 Å². The van der Waals surface area contributed by atoms with Crippen LogP contribution in [0.3, 0.4) is 0 Å².